The fraction of sp³-hybridized carbons (Fsp3) is 0.474. The van der Waals surface area contributed by atoms with Gasteiger partial charge in [0.05, 0.1) is 17.2 Å². The van der Waals surface area contributed by atoms with E-state index in [0.29, 0.717) is 17.7 Å². The van der Waals surface area contributed by atoms with Crippen molar-refractivity contribution in [3.63, 3.8) is 0 Å². The molecule has 5 rings (SSSR count). The smallest absolute Gasteiger partial charge is 0.329 e. The van der Waals surface area contributed by atoms with Crippen LogP contribution >= 0.6 is 0 Å². The van der Waals surface area contributed by atoms with E-state index in [9.17, 15) is 4.79 Å². The van der Waals surface area contributed by atoms with Gasteiger partial charge in [0.2, 0.25) is 11.8 Å². The van der Waals surface area contributed by atoms with Gasteiger partial charge in [0.25, 0.3) is 0 Å². The molecule has 0 saturated heterocycles. The van der Waals surface area contributed by atoms with Gasteiger partial charge in [-0.3, -0.25) is 9.13 Å². The molecule has 27 heavy (non-hydrogen) atoms. The van der Waals surface area contributed by atoms with E-state index in [2.05, 4.69) is 27.1 Å². The number of pyridine rings is 1. The van der Waals surface area contributed by atoms with Crippen LogP contribution in [0.1, 0.15) is 50.4 Å². The lowest BCUT2D eigenvalue weighted by Crippen LogP contribution is -2.32. The number of H-pyrrole nitrogens is 1. The number of fused-ring (bicyclic) bond motifs is 3. The molecular weight excluding hydrogens is 344 g/mol. The average molecular weight is 366 g/mol. The zero-order valence-corrected chi connectivity index (χ0v) is 15.5. The van der Waals surface area contributed by atoms with E-state index in [4.69, 9.17) is 4.42 Å². The van der Waals surface area contributed by atoms with Crippen LogP contribution in [-0.2, 0) is 6.54 Å². The first-order valence-corrected chi connectivity index (χ1v) is 9.49. The van der Waals surface area contributed by atoms with Crippen LogP contribution < -0.4 is 5.69 Å². The number of aromatic nitrogens is 6. The summed E-state index contributed by atoms with van der Waals surface area (Å²) in [6.07, 6.45) is 8.19. The first-order chi connectivity index (χ1) is 13.1. The van der Waals surface area contributed by atoms with Gasteiger partial charge in [0, 0.05) is 24.5 Å². The molecule has 4 aromatic rings. The molecule has 0 unspecified atom stereocenters. The first-order valence-electron chi connectivity index (χ1n) is 9.49. The molecular formula is C19H22N6O2. The molecule has 1 aliphatic rings. The molecule has 0 radical (unpaired) electrons. The summed E-state index contributed by atoms with van der Waals surface area (Å²) in [5.74, 6) is 1.39. The predicted octanol–water partition coefficient (Wildman–Crippen LogP) is 3.17. The van der Waals surface area contributed by atoms with Crippen LogP contribution in [0.4, 0.5) is 0 Å². The number of hydrogen-bond acceptors (Lipinski definition) is 5. The summed E-state index contributed by atoms with van der Waals surface area (Å²) in [4.78, 5) is 21.2. The fourth-order valence-electron chi connectivity index (χ4n) is 4.44. The Morgan fingerprint density at radius 3 is 2.93 bits per heavy atom. The molecule has 0 aliphatic heterocycles. The molecule has 0 aromatic carbocycles. The second-order valence-corrected chi connectivity index (χ2v) is 7.51. The molecule has 1 saturated carbocycles. The van der Waals surface area contributed by atoms with E-state index in [1.54, 1.807) is 17.7 Å². The van der Waals surface area contributed by atoms with Crippen LogP contribution in [0, 0.1) is 12.8 Å². The molecule has 1 aliphatic carbocycles. The van der Waals surface area contributed by atoms with Crippen molar-refractivity contribution in [2.24, 2.45) is 5.92 Å². The van der Waals surface area contributed by atoms with Gasteiger partial charge in [-0.15, -0.1) is 10.2 Å². The maximum atomic E-state index is 13.5. The van der Waals surface area contributed by atoms with Crippen LogP contribution in [0.15, 0.2) is 27.7 Å². The molecule has 1 fully saturated rings. The van der Waals surface area contributed by atoms with Crippen LogP contribution in [0.25, 0.3) is 22.1 Å². The highest BCUT2D eigenvalue weighted by molar-refractivity contribution is 6.01. The molecule has 2 atom stereocenters. The van der Waals surface area contributed by atoms with Gasteiger partial charge in [0.15, 0.2) is 0 Å². The van der Waals surface area contributed by atoms with Crippen molar-refractivity contribution >= 4 is 22.1 Å². The standard InChI is InChI=1S/C19H22N6O2/c1-11-5-3-4-6-14(11)25-17-13-7-8-20-18(13)21-9-15(17)24(19(25)26)10-16-23-22-12(2)27-16/h7-9,11,14H,3-6,10H2,1-2H3,(H,20,21)/t11-,14+/m1/s1. The molecule has 1 N–H and O–H groups in total. The Morgan fingerprint density at radius 1 is 1.30 bits per heavy atom. The van der Waals surface area contributed by atoms with E-state index in [1.165, 1.54) is 6.42 Å². The van der Waals surface area contributed by atoms with Crippen molar-refractivity contribution in [3.05, 3.63) is 40.7 Å². The molecule has 8 nitrogen and oxygen atoms in total. The normalized spacial score (nSPS) is 20.7. The zero-order chi connectivity index (χ0) is 18.5. The number of imidazole rings is 1. The van der Waals surface area contributed by atoms with E-state index < -0.39 is 0 Å². The molecule has 0 bridgehead atoms. The van der Waals surface area contributed by atoms with Gasteiger partial charge >= 0.3 is 5.69 Å². The minimum Gasteiger partial charge on any atom is -0.424 e. The van der Waals surface area contributed by atoms with Crippen LogP contribution in [0.5, 0.6) is 0 Å². The number of nitrogens with zero attached hydrogens (tertiary/aromatic N) is 5. The van der Waals surface area contributed by atoms with Gasteiger partial charge in [0.1, 0.15) is 12.2 Å². The Labute approximate surface area is 155 Å². The maximum absolute atomic E-state index is 13.5. The highest BCUT2D eigenvalue weighted by atomic mass is 16.4. The SMILES string of the molecule is Cc1nnc(Cn2c(=O)n([C@H]3CCCC[C@H]3C)c3c4cc[nH]c4ncc32)o1. The Hall–Kier alpha value is -2.90. The van der Waals surface area contributed by atoms with Gasteiger partial charge in [-0.05, 0) is 24.8 Å². The summed E-state index contributed by atoms with van der Waals surface area (Å²) >= 11 is 0. The van der Waals surface area contributed by atoms with E-state index in [-0.39, 0.29) is 18.3 Å². The lowest BCUT2D eigenvalue weighted by Gasteiger charge is -2.29. The number of nitrogens with one attached hydrogen (secondary N) is 1. The topological polar surface area (TPSA) is 94.5 Å². The van der Waals surface area contributed by atoms with E-state index in [1.807, 2.05) is 16.8 Å². The van der Waals surface area contributed by atoms with Crippen molar-refractivity contribution in [3.8, 4) is 0 Å². The second kappa shape index (κ2) is 6.07. The van der Waals surface area contributed by atoms with Crippen LogP contribution in [0.2, 0.25) is 0 Å². The monoisotopic (exact) mass is 366 g/mol. The fourth-order valence-corrected chi connectivity index (χ4v) is 4.44. The Morgan fingerprint density at radius 2 is 2.15 bits per heavy atom. The summed E-state index contributed by atoms with van der Waals surface area (Å²) in [6, 6.07) is 2.19. The molecule has 140 valence electrons. The lowest BCUT2D eigenvalue weighted by atomic mass is 9.85. The van der Waals surface area contributed by atoms with Crippen molar-refractivity contribution in [2.75, 3.05) is 0 Å². The Bertz CT molecular complexity index is 1180. The van der Waals surface area contributed by atoms with Crippen LogP contribution in [-0.4, -0.2) is 29.3 Å². The van der Waals surface area contributed by atoms with Gasteiger partial charge in [-0.1, -0.05) is 19.8 Å². The van der Waals surface area contributed by atoms with E-state index >= 15 is 0 Å². The highest BCUT2D eigenvalue weighted by Gasteiger charge is 2.29. The summed E-state index contributed by atoms with van der Waals surface area (Å²) in [7, 11) is 0. The molecule has 4 aromatic heterocycles. The summed E-state index contributed by atoms with van der Waals surface area (Å²) in [5.41, 5.74) is 2.52. The summed E-state index contributed by atoms with van der Waals surface area (Å²) in [6.45, 7) is 4.25. The van der Waals surface area contributed by atoms with Crippen molar-refractivity contribution in [1.29, 1.82) is 0 Å². The molecule has 4 heterocycles. The van der Waals surface area contributed by atoms with E-state index in [0.717, 1.165) is 41.3 Å². The van der Waals surface area contributed by atoms with Gasteiger partial charge in [-0.2, -0.15) is 0 Å². The third-order valence-electron chi connectivity index (χ3n) is 5.77. The van der Waals surface area contributed by atoms with Gasteiger partial charge < -0.3 is 9.40 Å². The lowest BCUT2D eigenvalue weighted by molar-refractivity contribution is 0.256. The largest absolute Gasteiger partial charge is 0.424 e. The number of aryl methyl sites for hydroxylation is 1. The third kappa shape index (κ3) is 2.50. The minimum atomic E-state index is -0.0323. The molecule has 0 amide bonds. The first kappa shape index (κ1) is 16.3. The maximum Gasteiger partial charge on any atom is 0.329 e. The van der Waals surface area contributed by atoms with Crippen molar-refractivity contribution < 1.29 is 4.42 Å². The number of aromatic amines is 1. The molecule has 8 heteroatoms. The Kier molecular flexibility index (Phi) is 3.66. The summed E-state index contributed by atoms with van der Waals surface area (Å²) < 4.78 is 9.22. The average Bonchev–Trinajstić information content (AvgIpc) is 3.35. The molecule has 0 spiro atoms. The van der Waals surface area contributed by atoms with Crippen molar-refractivity contribution in [1.82, 2.24) is 29.3 Å². The number of hydrogen-bond donors (Lipinski definition) is 1. The minimum absolute atomic E-state index is 0.0323. The second-order valence-electron chi connectivity index (χ2n) is 7.51. The quantitative estimate of drug-likeness (QED) is 0.601. The van der Waals surface area contributed by atoms with Crippen LogP contribution in [0.3, 0.4) is 0 Å². The predicted molar refractivity (Wildman–Crippen MR) is 101 cm³/mol. The summed E-state index contributed by atoms with van der Waals surface area (Å²) in [5, 5.41) is 8.92. The Balaban J connectivity index is 1.78. The van der Waals surface area contributed by atoms with Gasteiger partial charge in [-0.25, -0.2) is 9.78 Å². The number of rotatable bonds is 3. The zero-order valence-electron chi connectivity index (χ0n) is 15.5. The highest BCUT2D eigenvalue weighted by Crippen LogP contribution is 2.36. The third-order valence-corrected chi connectivity index (χ3v) is 5.77. The van der Waals surface area contributed by atoms with Crippen molar-refractivity contribution in [2.45, 2.75) is 52.1 Å².